The highest BCUT2D eigenvalue weighted by Crippen LogP contribution is 2.47. The number of carbonyl (C=O) groups is 2. The molecule has 0 heterocycles. The van der Waals surface area contributed by atoms with Gasteiger partial charge in [0.25, 0.3) is 0 Å². The third-order valence-corrected chi connectivity index (χ3v) is 3.83. The van der Waals surface area contributed by atoms with Crippen LogP contribution in [0.25, 0.3) is 0 Å². The monoisotopic (exact) mass is 275 g/mol. The lowest BCUT2D eigenvalue weighted by Gasteiger charge is -2.11. The number of amides is 1. The fourth-order valence-electron chi connectivity index (χ4n) is 2.43. The topological polar surface area (TPSA) is 66.4 Å². The summed E-state index contributed by atoms with van der Waals surface area (Å²) in [5, 5.41) is 11.5. The third-order valence-electron chi connectivity index (χ3n) is 3.83. The Labute approximate surface area is 119 Å². The molecule has 108 valence electrons. The highest BCUT2D eigenvalue weighted by atomic mass is 16.4. The number of carboxylic acid groups (broad SMARTS) is 1. The Hall–Kier alpha value is -1.84. The minimum atomic E-state index is -0.783. The Morgan fingerprint density at radius 3 is 2.70 bits per heavy atom. The molecule has 0 radical (unpaired) electrons. The van der Waals surface area contributed by atoms with Crippen molar-refractivity contribution >= 4 is 11.9 Å². The van der Waals surface area contributed by atoms with Gasteiger partial charge in [0, 0.05) is 18.9 Å². The van der Waals surface area contributed by atoms with Gasteiger partial charge in [-0.2, -0.15) is 0 Å². The first kappa shape index (κ1) is 14.6. The molecule has 1 aliphatic carbocycles. The number of hydrogen-bond acceptors (Lipinski definition) is 2. The first-order valence-corrected chi connectivity index (χ1v) is 7.12. The van der Waals surface area contributed by atoms with E-state index in [0.717, 1.165) is 6.42 Å². The van der Waals surface area contributed by atoms with Crippen molar-refractivity contribution in [3.63, 3.8) is 0 Å². The second-order valence-corrected chi connectivity index (χ2v) is 5.64. The van der Waals surface area contributed by atoms with Crippen molar-refractivity contribution in [2.24, 2.45) is 11.8 Å². The molecule has 0 aliphatic heterocycles. The molecule has 1 aromatic rings. The van der Waals surface area contributed by atoms with Gasteiger partial charge in [0.15, 0.2) is 0 Å². The molecular formula is C16H21NO3. The number of carboxylic acids is 1. The predicted molar refractivity (Wildman–Crippen MR) is 76.3 cm³/mol. The summed E-state index contributed by atoms with van der Waals surface area (Å²) < 4.78 is 0. The van der Waals surface area contributed by atoms with Crippen molar-refractivity contribution < 1.29 is 14.7 Å². The van der Waals surface area contributed by atoms with E-state index in [0.29, 0.717) is 18.9 Å². The van der Waals surface area contributed by atoms with Crippen molar-refractivity contribution in [3.8, 4) is 0 Å². The maximum atomic E-state index is 12.0. The number of nitrogens with one attached hydrogen (secondary N) is 1. The van der Waals surface area contributed by atoms with Crippen LogP contribution >= 0.6 is 0 Å². The number of aliphatic carboxylic acids is 1. The molecule has 0 spiro atoms. The maximum Gasteiger partial charge on any atom is 0.303 e. The van der Waals surface area contributed by atoms with E-state index in [1.54, 1.807) is 0 Å². The van der Waals surface area contributed by atoms with Gasteiger partial charge in [0.1, 0.15) is 0 Å². The van der Waals surface area contributed by atoms with Gasteiger partial charge in [-0.1, -0.05) is 37.3 Å². The number of hydrogen-bond donors (Lipinski definition) is 2. The fraction of sp³-hybridized carbons (Fsp3) is 0.500. The van der Waals surface area contributed by atoms with Gasteiger partial charge in [-0.25, -0.2) is 0 Å². The van der Waals surface area contributed by atoms with Crippen LogP contribution in [0.5, 0.6) is 0 Å². The minimum absolute atomic E-state index is 0.0871. The lowest BCUT2D eigenvalue weighted by molar-refractivity contribution is -0.137. The molecule has 3 unspecified atom stereocenters. The summed E-state index contributed by atoms with van der Waals surface area (Å²) >= 11 is 0. The van der Waals surface area contributed by atoms with E-state index < -0.39 is 5.97 Å². The standard InChI is InChI=1S/C16H21NO3/c1-11(7-8-15(18)19)10-17-16(20)14-9-13(14)12-5-3-2-4-6-12/h2-6,11,13-14H,7-10H2,1H3,(H,17,20)(H,18,19). The van der Waals surface area contributed by atoms with Crippen LogP contribution in [0.4, 0.5) is 0 Å². The molecule has 1 amide bonds. The number of benzene rings is 1. The normalized spacial score (nSPS) is 22.1. The summed E-state index contributed by atoms with van der Waals surface area (Å²) in [5.41, 5.74) is 1.23. The Kier molecular flexibility index (Phi) is 4.77. The summed E-state index contributed by atoms with van der Waals surface area (Å²) in [6, 6.07) is 10.1. The van der Waals surface area contributed by atoms with Crippen LogP contribution in [0.15, 0.2) is 30.3 Å². The molecule has 4 nitrogen and oxygen atoms in total. The molecule has 2 rings (SSSR count). The second-order valence-electron chi connectivity index (χ2n) is 5.64. The molecule has 2 N–H and O–H groups in total. The van der Waals surface area contributed by atoms with E-state index in [-0.39, 0.29) is 24.2 Å². The predicted octanol–water partition coefficient (Wildman–Crippen LogP) is 2.41. The molecule has 0 saturated heterocycles. The van der Waals surface area contributed by atoms with Crippen molar-refractivity contribution in [3.05, 3.63) is 35.9 Å². The van der Waals surface area contributed by atoms with E-state index >= 15 is 0 Å². The summed E-state index contributed by atoms with van der Waals surface area (Å²) in [6.45, 7) is 2.52. The molecular weight excluding hydrogens is 254 g/mol. The lowest BCUT2D eigenvalue weighted by atomic mass is 10.1. The second kappa shape index (κ2) is 6.55. The zero-order chi connectivity index (χ0) is 14.5. The van der Waals surface area contributed by atoms with Crippen molar-refractivity contribution in [2.45, 2.75) is 32.1 Å². The van der Waals surface area contributed by atoms with Crippen LogP contribution in [-0.2, 0) is 9.59 Å². The Morgan fingerprint density at radius 2 is 2.05 bits per heavy atom. The molecule has 3 atom stereocenters. The zero-order valence-corrected chi connectivity index (χ0v) is 11.7. The first-order valence-electron chi connectivity index (χ1n) is 7.12. The van der Waals surface area contributed by atoms with E-state index in [1.165, 1.54) is 5.56 Å². The molecule has 20 heavy (non-hydrogen) atoms. The zero-order valence-electron chi connectivity index (χ0n) is 11.7. The van der Waals surface area contributed by atoms with E-state index in [1.807, 2.05) is 25.1 Å². The van der Waals surface area contributed by atoms with Crippen LogP contribution in [-0.4, -0.2) is 23.5 Å². The van der Waals surface area contributed by atoms with Gasteiger partial charge in [-0.05, 0) is 30.2 Å². The fourth-order valence-corrected chi connectivity index (χ4v) is 2.43. The van der Waals surface area contributed by atoms with Crippen LogP contribution in [0.1, 0.15) is 37.7 Å². The van der Waals surface area contributed by atoms with Gasteiger partial charge in [0.2, 0.25) is 5.91 Å². The average Bonchev–Trinajstić information content (AvgIpc) is 3.24. The summed E-state index contributed by atoms with van der Waals surface area (Å²) in [4.78, 5) is 22.5. The maximum absolute atomic E-state index is 12.0. The Morgan fingerprint density at radius 1 is 1.35 bits per heavy atom. The van der Waals surface area contributed by atoms with Crippen LogP contribution in [0, 0.1) is 11.8 Å². The first-order chi connectivity index (χ1) is 9.58. The summed E-state index contributed by atoms with van der Waals surface area (Å²) in [7, 11) is 0. The highest BCUT2D eigenvalue weighted by molar-refractivity contribution is 5.82. The van der Waals surface area contributed by atoms with Crippen LogP contribution in [0.2, 0.25) is 0 Å². The molecule has 1 aromatic carbocycles. The third kappa shape index (κ3) is 4.08. The van der Waals surface area contributed by atoms with E-state index in [2.05, 4.69) is 17.4 Å². The van der Waals surface area contributed by atoms with Gasteiger partial charge in [0.05, 0.1) is 0 Å². The molecule has 4 heteroatoms. The Balaban J connectivity index is 1.71. The van der Waals surface area contributed by atoms with Gasteiger partial charge in [-0.3, -0.25) is 9.59 Å². The molecule has 1 fully saturated rings. The van der Waals surface area contributed by atoms with Gasteiger partial charge < -0.3 is 10.4 Å². The van der Waals surface area contributed by atoms with Gasteiger partial charge >= 0.3 is 5.97 Å². The van der Waals surface area contributed by atoms with Crippen molar-refractivity contribution in [1.82, 2.24) is 5.32 Å². The van der Waals surface area contributed by atoms with E-state index in [4.69, 9.17) is 5.11 Å². The molecule has 0 bridgehead atoms. The molecule has 0 aromatic heterocycles. The van der Waals surface area contributed by atoms with Crippen molar-refractivity contribution in [2.75, 3.05) is 6.54 Å². The van der Waals surface area contributed by atoms with Crippen molar-refractivity contribution in [1.29, 1.82) is 0 Å². The minimum Gasteiger partial charge on any atom is -0.481 e. The number of carbonyl (C=O) groups excluding carboxylic acids is 1. The largest absolute Gasteiger partial charge is 0.481 e. The summed E-state index contributed by atoms with van der Waals surface area (Å²) in [5.74, 6) is -0.0471. The summed E-state index contributed by atoms with van der Waals surface area (Å²) in [6.07, 6.45) is 1.68. The Bertz CT molecular complexity index is 472. The highest BCUT2D eigenvalue weighted by Gasteiger charge is 2.43. The lowest BCUT2D eigenvalue weighted by Crippen LogP contribution is -2.30. The van der Waals surface area contributed by atoms with Crippen LogP contribution in [0.3, 0.4) is 0 Å². The quantitative estimate of drug-likeness (QED) is 0.803. The SMILES string of the molecule is CC(CCC(=O)O)CNC(=O)C1CC1c1ccccc1. The average molecular weight is 275 g/mol. The van der Waals surface area contributed by atoms with Gasteiger partial charge in [-0.15, -0.1) is 0 Å². The van der Waals surface area contributed by atoms with Crippen LogP contribution < -0.4 is 5.32 Å². The molecule has 1 saturated carbocycles. The van der Waals surface area contributed by atoms with E-state index in [9.17, 15) is 9.59 Å². The number of rotatable bonds is 7. The smallest absolute Gasteiger partial charge is 0.303 e. The molecule has 1 aliphatic rings.